The number of nitrogens with zero attached hydrogens (tertiary/aromatic N) is 1. The van der Waals surface area contributed by atoms with E-state index in [4.69, 9.17) is 4.74 Å². The molecule has 1 aromatic carbocycles. The van der Waals surface area contributed by atoms with Gasteiger partial charge in [0.05, 0.1) is 12.8 Å². The lowest BCUT2D eigenvalue weighted by molar-refractivity contribution is 0.101. The van der Waals surface area contributed by atoms with Crippen molar-refractivity contribution >= 4 is 17.5 Å². The highest BCUT2D eigenvalue weighted by atomic mass is 32.2. The number of hydrogen-bond acceptors (Lipinski definition) is 4. The first-order valence-corrected chi connectivity index (χ1v) is 6.91. The fourth-order valence-corrected chi connectivity index (χ4v) is 2.47. The Bertz CT molecular complexity index is 584. The maximum Gasteiger partial charge on any atom is 0.213 e. The molecule has 0 aliphatic heterocycles. The molecule has 0 aliphatic rings. The van der Waals surface area contributed by atoms with Crippen LogP contribution in [0.25, 0.3) is 0 Å². The topological polar surface area (TPSA) is 39.2 Å². The number of carbonyl (C=O) groups excluding carboxylic acids is 1. The average molecular weight is 273 g/mol. The number of ketones is 1. The van der Waals surface area contributed by atoms with Crippen molar-refractivity contribution in [1.82, 2.24) is 4.98 Å². The minimum Gasteiger partial charge on any atom is -0.481 e. The summed E-state index contributed by atoms with van der Waals surface area (Å²) >= 11 is 1.65. The molecular formula is C15H15NO2S. The highest BCUT2D eigenvalue weighted by Crippen LogP contribution is 2.23. The standard InChI is InChI=1S/C15H15NO2S/c1-11(17)12-5-3-7-14(9-12)19-10-13-6-4-8-15(16-13)18-2/h3-9H,10H2,1-2H3. The van der Waals surface area contributed by atoms with Crippen LogP contribution in [0.1, 0.15) is 23.0 Å². The second kappa shape index (κ2) is 6.38. The Morgan fingerprint density at radius 1 is 1.26 bits per heavy atom. The van der Waals surface area contributed by atoms with Crippen molar-refractivity contribution in [3.05, 3.63) is 53.7 Å². The molecule has 0 amide bonds. The van der Waals surface area contributed by atoms with Gasteiger partial charge in [-0.25, -0.2) is 4.98 Å². The Morgan fingerprint density at radius 2 is 2.05 bits per heavy atom. The molecule has 0 N–H and O–H groups in total. The molecule has 0 aliphatic carbocycles. The molecule has 0 bridgehead atoms. The molecule has 0 radical (unpaired) electrons. The molecule has 3 nitrogen and oxygen atoms in total. The van der Waals surface area contributed by atoms with Crippen molar-refractivity contribution in [3.8, 4) is 5.88 Å². The van der Waals surface area contributed by atoms with Gasteiger partial charge in [-0.05, 0) is 25.1 Å². The van der Waals surface area contributed by atoms with Crippen molar-refractivity contribution in [2.45, 2.75) is 17.6 Å². The Hall–Kier alpha value is -1.81. The normalized spacial score (nSPS) is 10.2. The number of pyridine rings is 1. The SMILES string of the molecule is COc1cccc(CSc2cccc(C(C)=O)c2)n1. The number of ether oxygens (including phenoxy) is 1. The van der Waals surface area contributed by atoms with Gasteiger partial charge in [-0.2, -0.15) is 0 Å². The Labute approximate surface area is 117 Å². The molecule has 1 heterocycles. The van der Waals surface area contributed by atoms with Crippen LogP contribution in [0, 0.1) is 0 Å². The van der Waals surface area contributed by atoms with Gasteiger partial charge in [0.2, 0.25) is 5.88 Å². The first-order valence-electron chi connectivity index (χ1n) is 5.93. The minimum absolute atomic E-state index is 0.0851. The van der Waals surface area contributed by atoms with Crippen LogP contribution < -0.4 is 4.74 Å². The molecule has 0 unspecified atom stereocenters. The van der Waals surface area contributed by atoms with E-state index in [2.05, 4.69) is 4.98 Å². The van der Waals surface area contributed by atoms with E-state index in [1.54, 1.807) is 25.8 Å². The molecule has 2 rings (SSSR count). The predicted molar refractivity (Wildman–Crippen MR) is 76.8 cm³/mol. The monoisotopic (exact) mass is 273 g/mol. The summed E-state index contributed by atoms with van der Waals surface area (Å²) in [4.78, 5) is 16.7. The summed E-state index contributed by atoms with van der Waals surface area (Å²) in [6.07, 6.45) is 0. The maximum absolute atomic E-state index is 11.3. The molecule has 0 saturated heterocycles. The van der Waals surface area contributed by atoms with E-state index in [0.717, 1.165) is 21.9 Å². The third kappa shape index (κ3) is 3.83. The number of hydrogen-bond donors (Lipinski definition) is 0. The van der Waals surface area contributed by atoms with Gasteiger partial charge < -0.3 is 4.74 Å². The second-order valence-corrected chi connectivity index (χ2v) is 5.09. The number of benzene rings is 1. The van der Waals surface area contributed by atoms with Gasteiger partial charge >= 0.3 is 0 Å². The maximum atomic E-state index is 11.3. The zero-order valence-corrected chi connectivity index (χ0v) is 11.7. The molecule has 19 heavy (non-hydrogen) atoms. The van der Waals surface area contributed by atoms with Crippen molar-refractivity contribution in [1.29, 1.82) is 0 Å². The molecule has 1 aromatic heterocycles. The average Bonchev–Trinajstić information content (AvgIpc) is 2.45. The molecule has 4 heteroatoms. The van der Waals surface area contributed by atoms with Crippen LogP contribution in [-0.2, 0) is 5.75 Å². The zero-order valence-electron chi connectivity index (χ0n) is 10.9. The lowest BCUT2D eigenvalue weighted by Gasteiger charge is -2.04. The van der Waals surface area contributed by atoms with Gasteiger partial charge in [0.1, 0.15) is 0 Å². The summed E-state index contributed by atoms with van der Waals surface area (Å²) in [6.45, 7) is 1.58. The predicted octanol–water partition coefficient (Wildman–Crippen LogP) is 3.59. The van der Waals surface area contributed by atoms with E-state index in [-0.39, 0.29) is 5.78 Å². The number of carbonyl (C=O) groups is 1. The summed E-state index contributed by atoms with van der Waals surface area (Å²) in [7, 11) is 1.61. The fourth-order valence-electron chi connectivity index (χ4n) is 1.61. The third-order valence-electron chi connectivity index (χ3n) is 2.62. The van der Waals surface area contributed by atoms with Crippen molar-refractivity contribution < 1.29 is 9.53 Å². The molecule has 98 valence electrons. The van der Waals surface area contributed by atoms with Gasteiger partial charge in [-0.15, -0.1) is 11.8 Å². The van der Waals surface area contributed by atoms with Crippen LogP contribution in [0.3, 0.4) is 0 Å². The first-order chi connectivity index (χ1) is 9.19. The van der Waals surface area contributed by atoms with Gasteiger partial charge in [0.15, 0.2) is 5.78 Å². The van der Waals surface area contributed by atoms with Gasteiger partial charge in [0.25, 0.3) is 0 Å². The third-order valence-corrected chi connectivity index (χ3v) is 3.65. The number of Topliss-reactive ketones (excluding diaryl/α,β-unsaturated/α-hetero) is 1. The Morgan fingerprint density at radius 3 is 2.79 bits per heavy atom. The number of methoxy groups -OCH3 is 1. The molecule has 0 atom stereocenters. The van der Waals surface area contributed by atoms with E-state index in [0.29, 0.717) is 5.88 Å². The van der Waals surface area contributed by atoms with E-state index in [1.807, 2.05) is 42.5 Å². The zero-order chi connectivity index (χ0) is 13.7. The molecule has 2 aromatic rings. The van der Waals surface area contributed by atoms with Crippen LogP contribution in [0.5, 0.6) is 5.88 Å². The van der Waals surface area contributed by atoms with Crippen LogP contribution >= 0.6 is 11.8 Å². The van der Waals surface area contributed by atoms with Gasteiger partial charge in [-0.1, -0.05) is 18.2 Å². The lowest BCUT2D eigenvalue weighted by atomic mass is 10.2. The van der Waals surface area contributed by atoms with Crippen LogP contribution in [-0.4, -0.2) is 17.9 Å². The van der Waals surface area contributed by atoms with Crippen LogP contribution in [0.4, 0.5) is 0 Å². The van der Waals surface area contributed by atoms with E-state index >= 15 is 0 Å². The van der Waals surface area contributed by atoms with Gasteiger partial charge in [0, 0.05) is 22.3 Å². The largest absolute Gasteiger partial charge is 0.481 e. The lowest BCUT2D eigenvalue weighted by Crippen LogP contribution is -1.93. The Kier molecular flexibility index (Phi) is 4.58. The number of rotatable bonds is 5. The van der Waals surface area contributed by atoms with E-state index < -0.39 is 0 Å². The number of thioether (sulfide) groups is 1. The van der Waals surface area contributed by atoms with Crippen molar-refractivity contribution in [3.63, 3.8) is 0 Å². The summed E-state index contributed by atoms with van der Waals surface area (Å²) in [6, 6.07) is 13.3. The summed E-state index contributed by atoms with van der Waals surface area (Å²) in [5.41, 5.74) is 1.70. The first kappa shape index (κ1) is 13.6. The van der Waals surface area contributed by atoms with Gasteiger partial charge in [-0.3, -0.25) is 4.79 Å². The molecule has 0 spiro atoms. The highest BCUT2D eigenvalue weighted by Gasteiger charge is 2.03. The highest BCUT2D eigenvalue weighted by molar-refractivity contribution is 7.98. The smallest absolute Gasteiger partial charge is 0.213 e. The minimum atomic E-state index is 0.0851. The second-order valence-electron chi connectivity index (χ2n) is 4.04. The van der Waals surface area contributed by atoms with E-state index in [1.165, 1.54) is 0 Å². The molecular weight excluding hydrogens is 258 g/mol. The van der Waals surface area contributed by atoms with Crippen molar-refractivity contribution in [2.75, 3.05) is 7.11 Å². The van der Waals surface area contributed by atoms with Crippen LogP contribution in [0.2, 0.25) is 0 Å². The van der Waals surface area contributed by atoms with Crippen LogP contribution in [0.15, 0.2) is 47.4 Å². The summed E-state index contributed by atoms with van der Waals surface area (Å²) < 4.78 is 5.09. The molecule has 0 fully saturated rings. The Balaban J connectivity index is 2.05. The fraction of sp³-hybridized carbons (Fsp3) is 0.200. The molecule has 0 saturated carbocycles. The summed E-state index contributed by atoms with van der Waals surface area (Å²) in [5, 5.41) is 0. The summed E-state index contributed by atoms with van der Waals surface area (Å²) in [5.74, 6) is 1.45. The van der Waals surface area contributed by atoms with Crippen molar-refractivity contribution in [2.24, 2.45) is 0 Å². The van der Waals surface area contributed by atoms with E-state index in [9.17, 15) is 4.79 Å². The quantitative estimate of drug-likeness (QED) is 0.616. The number of aromatic nitrogens is 1.